The van der Waals surface area contributed by atoms with E-state index in [-0.39, 0.29) is 5.41 Å². The van der Waals surface area contributed by atoms with Crippen LogP contribution in [0.25, 0.3) is 0 Å². The Kier molecular flexibility index (Phi) is 4.46. The minimum absolute atomic E-state index is 0.106. The quantitative estimate of drug-likeness (QED) is 0.693. The van der Waals surface area contributed by atoms with Crippen molar-refractivity contribution in [3.63, 3.8) is 0 Å². The maximum Gasteiger partial charge on any atom is 0.194 e. The average molecular weight is 303 g/mol. The van der Waals surface area contributed by atoms with Crippen LogP contribution in [0.2, 0.25) is 0 Å². The molecule has 0 radical (unpaired) electrons. The molecule has 0 spiro atoms. The topological polar surface area (TPSA) is 63.6 Å². The van der Waals surface area contributed by atoms with Crippen molar-refractivity contribution in [2.24, 2.45) is 0 Å². The minimum atomic E-state index is -0.106. The molecule has 0 unspecified atom stereocenters. The fourth-order valence-corrected chi connectivity index (χ4v) is 2.64. The van der Waals surface area contributed by atoms with E-state index in [1.165, 1.54) is 11.8 Å². The fraction of sp³-hybridized carbons (Fsp3) is 0.467. The number of aromatic nitrogens is 4. The Bertz CT molecular complexity index is 629. The van der Waals surface area contributed by atoms with Gasteiger partial charge in [-0.2, -0.15) is 0 Å². The van der Waals surface area contributed by atoms with Crippen molar-refractivity contribution < 1.29 is 0 Å². The third kappa shape index (κ3) is 4.14. The molecule has 5 nitrogen and oxygen atoms in total. The van der Waals surface area contributed by atoms with Crippen LogP contribution in [0.15, 0.2) is 22.3 Å². The summed E-state index contributed by atoms with van der Waals surface area (Å²) in [6.07, 6.45) is 0. The van der Waals surface area contributed by atoms with Crippen molar-refractivity contribution in [3.05, 3.63) is 29.3 Å². The van der Waals surface area contributed by atoms with Crippen LogP contribution in [0, 0.1) is 13.8 Å². The van der Waals surface area contributed by atoms with E-state index in [1.807, 2.05) is 33.0 Å². The molecule has 2 rings (SSSR count). The monoisotopic (exact) mass is 303 g/mol. The largest absolute Gasteiger partial charge is 0.373 e. The van der Waals surface area contributed by atoms with Gasteiger partial charge in [0, 0.05) is 29.9 Å². The second kappa shape index (κ2) is 5.97. The van der Waals surface area contributed by atoms with Gasteiger partial charge in [-0.05, 0) is 31.7 Å². The Morgan fingerprint density at radius 3 is 2.10 bits per heavy atom. The van der Waals surface area contributed by atoms with E-state index in [0.29, 0.717) is 5.16 Å². The third-order valence-corrected chi connectivity index (χ3v) is 3.57. The second-order valence-electron chi connectivity index (χ2n) is 5.95. The second-order valence-corrected chi connectivity index (χ2v) is 6.94. The zero-order valence-corrected chi connectivity index (χ0v) is 14.2. The Labute approximate surface area is 130 Å². The van der Waals surface area contributed by atoms with Crippen molar-refractivity contribution in [2.45, 2.75) is 50.2 Å². The van der Waals surface area contributed by atoms with E-state index in [4.69, 9.17) is 0 Å². The highest BCUT2D eigenvalue weighted by molar-refractivity contribution is 7.99. The van der Waals surface area contributed by atoms with Gasteiger partial charge >= 0.3 is 0 Å². The first kappa shape index (κ1) is 15.7. The van der Waals surface area contributed by atoms with Gasteiger partial charge < -0.3 is 5.32 Å². The van der Waals surface area contributed by atoms with E-state index in [0.717, 1.165) is 28.1 Å². The van der Waals surface area contributed by atoms with Crippen LogP contribution in [-0.2, 0) is 5.41 Å². The lowest BCUT2D eigenvalue weighted by atomic mass is 9.96. The Hall–Kier alpha value is -1.69. The summed E-state index contributed by atoms with van der Waals surface area (Å²) in [6.45, 7) is 10.2. The van der Waals surface area contributed by atoms with Crippen LogP contribution in [-0.4, -0.2) is 27.0 Å². The van der Waals surface area contributed by atoms with E-state index in [1.54, 1.807) is 0 Å². The van der Waals surface area contributed by atoms with E-state index < -0.39 is 0 Å². The number of nitrogens with zero attached hydrogens (tertiary/aromatic N) is 4. The maximum absolute atomic E-state index is 4.64. The summed E-state index contributed by atoms with van der Waals surface area (Å²) in [6, 6.07) is 3.88. The Morgan fingerprint density at radius 1 is 0.952 bits per heavy atom. The number of rotatable bonds is 3. The predicted molar refractivity (Wildman–Crippen MR) is 85.9 cm³/mol. The van der Waals surface area contributed by atoms with Crippen LogP contribution in [0.4, 0.5) is 5.82 Å². The lowest BCUT2D eigenvalue weighted by molar-refractivity contribution is 0.539. The van der Waals surface area contributed by atoms with Gasteiger partial charge in [0.2, 0.25) is 0 Å². The first-order valence-electron chi connectivity index (χ1n) is 6.85. The molecule has 0 aliphatic heterocycles. The highest BCUT2D eigenvalue weighted by Crippen LogP contribution is 2.28. The van der Waals surface area contributed by atoms with E-state index >= 15 is 0 Å². The third-order valence-electron chi connectivity index (χ3n) is 2.79. The van der Waals surface area contributed by atoms with Crippen molar-refractivity contribution in [1.82, 2.24) is 19.9 Å². The molecular weight excluding hydrogens is 282 g/mol. The van der Waals surface area contributed by atoms with Crippen molar-refractivity contribution in [2.75, 3.05) is 12.4 Å². The van der Waals surface area contributed by atoms with E-state index in [2.05, 4.69) is 46.0 Å². The SMILES string of the molecule is CNc1cc(Sc2nc(C)cc(C)n2)nc(C(C)(C)C)n1. The Balaban J connectivity index is 2.39. The number of anilines is 1. The van der Waals surface area contributed by atoms with Crippen molar-refractivity contribution >= 4 is 17.6 Å². The molecule has 112 valence electrons. The van der Waals surface area contributed by atoms with Crippen molar-refractivity contribution in [1.29, 1.82) is 0 Å². The van der Waals surface area contributed by atoms with Crippen LogP contribution in [0.5, 0.6) is 0 Å². The summed E-state index contributed by atoms with van der Waals surface area (Å²) in [7, 11) is 1.86. The lowest BCUT2D eigenvalue weighted by Gasteiger charge is -2.18. The molecule has 0 amide bonds. The zero-order chi connectivity index (χ0) is 15.6. The molecule has 0 atom stereocenters. The molecule has 0 aromatic carbocycles. The molecule has 0 fully saturated rings. The molecule has 6 heteroatoms. The minimum Gasteiger partial charge on any atom is -0.373 e. The van der Waals surface area contributed by atoms with Gasteiger partial charge in [-0.15, -0.1) is 0 Å². The predicted octanol–water partition coefficient (Wildman–Crippen LogP) is 3.37. The van der Waals surface area contributed by atoms with Gasteiger partial charge in [0.05, 0.1) is 0 Å². The molecule has 0 bridgehead atoms. The number of nitrogens with one attached hydrogen (secondary N) is 1. The normalized spacial score (nSPS) is 11.5. The highest BCUT2D eigenvalue weighted by Gasteiger charge is 2.19. The maximum atomic E-state index is 4.64. The molecule has 0 saturated heterocycles. The first-order chi connectivity index (χ1) is 9.77. The van der Waals surface area contributed by atoms with Crippen LogP contribution < -0.4 is 5.32 Å². The summed E-state index contributed by atoms with van der Waals surface area (Å²) in [5.74, 6) is 1.61. The van der Waals surface area contributed by atoms with Gasteiger partial charge in [-0.25, -0.2) is 19.9 Å². The summed E-state index contributed by atoms with van der Waals surface area (Å²) >= 11 is 1.46. The number of aryl methyl sites for hydroxylation is 2. The molecule has 2 aromatic rings. The smallest absolute Gasteiger partial charge is 0.194 e. The van der Waals surface area contributed by atoms with Gasteiger partial charge in [0.1, 0.15) is 16.7 Å². The van der Waals surface area contributed by atoms with Gasteiger partial charge in [-0.1, -0.05) is 20.8 Å². The summed E-state index contributed by atoms with van der Waals surface area (Å²) in [4.78, 5) is 18.1. The van der Waals surface area contributed by atoms with Crippen LogP contribution in [0.1, 0.15) is 38.0 Å². The van der Waals surface area contributed by atoms with E-state index in [9.17, 15) is 0 Å². The summed E-state index contributed by atoms with van der Waals surface area (Å²) in [5, 5.41) is 4.65. The van der Waals surface area contributed by atoms with Crippen LogP contribution in [0.3, 0.4) is 0 Å². The first-order valence-corrected chi connectivity index (χ1v) is 7.67. The van der Waals surface area contributed by atoms with Gasteiger partial charge in [0.15, 0.2) is 5.16 Å². The molecule has 21 heavy (non-hydrogen) atoms. The van der Waals surface area contributed by atoms with Crippen LogP contribution >= 0.6 is 11.8 Å². The van der Waals surface area contributed by atoms with Gasteiger partial charge in [-0.3, -0.25) is 0 Å². The molecule has 2 aromatic heterocycles. The molecule has 0 aliphatic carbocycles. The molecule has 2 heterocycles. The summed E-state index contributed by atoms with van der Waals surface area (Å²) in [5.41, 5.74) is 1.82. The average Bonchev–Trinajstić information content (AvgIpc) is 2.36. The molecular formula is C15H21N5S. The lowest BCUT2D eigenvalue weighted by Crippen LogP contribution is -2.17. The fourth-order valence-electron chi connectivity index (χ4n) is 1.77. The van der Waals surface area contributed by atoms with Gasteiger partial charge in [0.25, 0.3) is 0 Å². The summed E-state index contributed by atoms with van der Waals surface area (Å²) < 4.78 is 0. The highest BCUT2D eigenvalue weighted by atomic mass is 32.2. The molecule has 1 N–H and O–H groups in total. The Morgan fingerprint density at radius 2 is 1.57 bits per heavy atom. The molecule has 0 saturated carbocycles. The number of hydrogen-bond donors (Lipinski definition) is 1. The zero-order valence-electron chi connectivity index (χ0n) is 13.4. The standard InChI is InChI=1S/C15H21N5S/c1-9-7-10(2)18-14(17-9)21-12-8-11(16-6)19-13(20-12)15(3,4)5/h7-8H,1-6H3,(H,16,19,20). The van der Waals surface area contributed by atoms with Crippen molar-refractivity contribution in [3.8, 4) is 0 Å². The number of hydrogen-bond acceptors (Lipinski definition) is 6. The molecule has 0 aliphatic rings.